The third-order valence-corrected chi connectivity index (χ3v) is 4.62. The molecule has 4 rings (SSSR count). The Morgan fingerprint density at radius 3 is 2.50 bits per heavy atom. The predicted octanol–water partition coefficient (Wildman–Crippen LogP) is 4.30. The van der Waals surface area contributed by atoms with E-state index >= 15 is 0 Å². The van der Waals surface area contributed by atoms with E-state index < -0.39 is 0 Å². The first-order valence-electron chi connectivity index (χ1n) is 9.56. The molecule has 1 fully saturated rings. The Bertz CT molecular complexity index is 1150. The van der Waals surface area contributed by atoms with Gasteiger partial charge in [0.25, 0.3) is 5.91 Å². The van der Waals surface area contributed by atoms with Gasteiger partial charge in [0.05, 0.1) is 11.6 Å². The second-order valence-electron chi connectivity index (χ2n) is 7.05. The fourth-order valence-electron chi connectivity index (χ4n) is 2.93. The molecule has 0 bridgehead atoms. The molecule has 0 saturated heterocycles. The SMILES string of the molecule is N#Cc1cccc(C(=O)Nc2cccc(Nc3ccnc(NC(=O)C4CC4)c3)c2)c1. The quantitative estimate of drug-likeness (QED) is 0.575. The summed E-state index contributed by atoms with van der Waals surface area (Å²) in [5.74, 6) is 0.319. The van der Waals surface area contributed by atoms with Crippen LogP contribution < -0.4 is 16.0 Å². The molecular weight excluding hydrogens is 378 g/mol. The zero-order chi connectivity index (χ0) is 20.9. The summed E-state index contributed by atoms with van der Waals surface area (Å²) in [5.41, 5.74) is 2.99. The number of hydrogen-bond donors (Lipinski definition) is 3. The number of hydrogen-bond acceptors (Lipinski definition) is 5. The highest BCUT2D eigenvalue weighted by Gasteiger charge is 2.29. The van der Waals surface area contributed by atoms with Gasteiger partial charge >= 0.3 is 0 Å². The minimum atomic E-state index is -0.293. The smallest absolute Gasteiger partial charge is 0.255 e. The Morgan fingerprint density at radius 1 is 0.933 bits per heavy atom. The van der Waals surface area contributed by atoms with Crippen LogP contribution in [0.1, 0.15) is 28.8 Å². The van der Waals surface area contributed by atoms with Gasteiger partial charge in [-0.05, 0) is 55.3 Å². The maximum Gasteiger partial charge on any atom is 0.255 e. The summed E-state index contributed by atoms with van der Waals surface area (Å²) in [6.45, 7) is 0. The van der Waals surface area contributed by atoms with Crippen LogP contribution in [0.5, 0.6) is 0 Å². The van der Waals surface area contributed by atoms with Crippen molar-refractivity contribution in [2.45, 2.75) is 12.8 Å². The van der Waals surface area contributed by atoms with E-state index in [-0.39, 0.29) is 17.7 Å². The first-order valence-corrected chi connectivity index (χ1v) is 9.56. The van der Waals surface area contributed by atoms with Crippen molar-refractivity contribution in [3.63, 3.8) is 0 Å². The molecule has 148 valence electrons. The summed E-state index contributed by atoms with van der Waals surface area (Å²) in [7, 11) is 0. The summed E-state index contributed by atoms with van der Waals surface area (Å²) < 4.78 is 0. The number of rotatable bonds is 6. The van der Waals surface area contributed by atoms with E-state index in [1.165, 1.54) is 0 Å². The lowest BCUT2D eigenvalue weighted by atomic mass is 10.1. The van der Waals surface area contributed by atoms with Gasteiger partial charge < -0.3 is 16.0 Å². The zero-order valence-electron chi connectivity index (χ0n) is 16.1. The fraction of sp³-hybridized carbons (Fsp3) is 0.130. The first-order chi connectivity index (χ1) is 14.6. The Balaban J connectivity index is 1.44. The highest BCUT2D eigenvalue weighted by atomic mass is 16.2. The van der Waals surface area contributed by atoms with Gasteiger partial charge in [0.15, 0.2) is 0 Å². The van der Waals surface area contributed by atoms with Crippen molar-refractivity contribution < 1.29 is 9.59 Å². The number of aromatic nitrogens is 1. The summed E-state index contributed by atoms with van der Waals surface area (Å²) in [5, 5.41) is 17.9. The maximum absolute atomic E-state index is 12.5. The second-order valence-corrected chi connectivity index (χ2v) is 7.05. The van der Waals surface area contributed by atoms with E-state index in [4.69, 9.17) is 5.26 Å². The number of carbonyl (C=O) groups excluding carboxylic acids is 2. The van der Waals surface area contributed by atoms with E-state index in [1.807, 2.05) is 18.2 Å². The predicted molar refractivity (Wildman–Crippen MR) is 114 cm³/mol. The minimum Gasteiger partial charge on any atom is -0.355 e. The van der Waals surface area contributed by atoms with Crippen molar-refractivity contribution in [3.8, 4) is 6.07 Å². The second kappa shape index (κ2) is 8.45. The topological polar surface area (TPSA) is 107 Å². The number of pyridine rings is 1. The van der Waals surface area contributed by atoms with E-state index in [1.54, 1.807) is 54.7 Å². The molecular formula is C23H19N5O2. The summed E-state index contributed by atoms with van der Waals surface area (Å²) in [6.07, 6.45) is 3.49. The van der Waals surface area contributed by atoms with Crippen molar-refractivity contribution in [2.24, 2.45) is 5.92 Å². The zero-order valence-corrected chi connectivity index (χ0v) is 16.1. The molecule has 0 radical (unpaired) electrons. The third kappa shape index (κ3) is 4.80. The average molecular weight is 397 g/mol. The Labute approximate surface area is 173 Å². The van der Waals surface area contributed by atoms with Crippen LogP contribution in [0.15, 0.2) is 66.9 Å². The number of amides is 2. The van der Waals surface area contributed by atoms with Crippen LogP contribution in [0, 0.1) is 17.2 Å². The van der Waals surface area contributed by atoms with Gasteiger partial charge in [0.1, 0.15) is 5.82 Å². The van der Waals surface area contributed by atoms with E-state index in [0.717, 1.165) is 24.2 Å². The molecule has 0 atom stereocenters. The highest BCUT2D eigenvalue weighted by molar-refractivity contribution is 6.04. The molecule has 1 saturated carbocycles. The molecule has 30 heavy (non-hydrogen) atoms. The van der Waals surface area contributed by atoms with Gasteiger partial charge in [-0.3, -0.25) is 9.59 Å². The Kier molecular flexibility index (Phi) is 5.39. The van der Waals surface area contributed by atoms with Crippen LogP contribution >= 0.6 is 0 Å². The number of carbonyl (C=O) groups is 2. The van der Waals surface area contributed by atoms with E-state index in [2.05, 4.69) is 20.9 Å². The van der Waals surface area contributed by atoms with Gasteiger partial charge in [0.2, 0.25) is 5.91 Å². The fourth-order valence-corrected chi connectivity index (χ4v) is 2.93. The number of nitriles is 1. The monoisotopic (exact) mass is 397 g/mol. The summed E-state index contributed by atoms with van der Waals surface area (Å²) in [6, 6.07) is 19.4. The number of anilines is 4. The third-order valence-electron chi connectivity index (χ3n) is 4.62. The molecule has 1 aliphatic rings. The van der Waals surface area contributed by atoms with Crippen LogP contribution in [0.3, 0.4) is 0 Å². The van der Waals surface area contributed by atoms with Crippen LogP contribution in [-0.2, 0) is 4.79 Å². The molecule has 1 heterocycles. The molecule has 7 nitrogen and oxygen atoms in total. The van der Waals surface area contributed by atoms with Gasteiger partial charge in [-0.15, -0.1) is 0 Å². The van der Waals surface area contributed by atoms with Crippen molar-refractivity contribution in [1.29, 1.82) is 5.26 Å². The van der Waals surface area contributed by atoms with Gasteiger partial charge in [0, 0.05) is 40.8 Å². The van der Waals surface area contributed by atoms with Crippen molar-refractivity contribution in [1.82, 2.24) is 4.98 Å². The van der Waals surface area contributed by atoms with Crippen LogP contribution in [-0.4, -0.2) is 16.8 Å². The molecule has 1 aromatic heterocycles. The Morgan fingerprint density at radius 2 is 1.70 bits per heavy atom. The van der Waals surface area contributed by atoms with Gasteiger partial charge in [-0.1, -0.05) is 12.1 Å². The highest BCUT2D eigenvalue weighted by Crippen LogP contribution is 2.30. The van der Waals surface area contributed by atoms with Crippen molar-refractivity contribution >= 4 is 34.7 Å². The number of benzene rings is 2. The first kappa shape index (κ1) is 19.2. The average Bonchev–Trinajstić information content (AvgIpc) is 3.60. The molecule has 0 unspecified atom stereocenters. The van der Waals surface area contributed by atoms with Crippen molar-refractivity contribution in [3.05, 3.63) is 78.0 Å². The van der Waals surface area contributed by atoms with E-state index in [0.29, 0.717) is 22.6 Å². The minimum absolute atomic E-state index is 0.00447. The molecule has 2 aromatic carbocycles. The van der Waals surface area contributed by atoms with E-state index in [9.17, 15) is 9.59 Å². The van der Waals surface area contributed by atoms with Crippen LogP contribution in [0.25, 0.3) is 0 Å². The Hall–Kier alpha value is -4.18. The molecule has 7 heteroatoms. The molecule has 0 spiro atoms. The molecule has 2 amide bonds. The summed E-state index contributed by atoms with van der Waals surface area (Å²) >= 11 is 0. The molecule has 1 aliphatic carbocycles. The van der Waals surface area contributed by atoms with Gasteiger partial charge in [-0.2, -0.15) is 5.26 Å². The standard InChI is InChI=1S/C23H19N5O2/c24-14-15-3-1-4-17(11-15)23(30)27-19-6-2-5-18(12-19)26-20-9-10-25-21(13-20)28-22(29)16-7-8-16/h1-6,9-13,16H,7-8H2,(H,27,30)(H2,25,26,28,29). The lowest BCUT2D eigenvalue weighted by Gasteiger charge is -2.11. The van der Waals surface area contributed by atoms with Gasteiger partial charge in [-0.25, -0.2) is 4.98 Å². The largest absolute Gasteiger partial charge is 0.355 e. The normalized spacial score (nSPS) is 12.5. The molecule has 3 N–H and O–H groups in total. The van der Waals surface area contributed by atoms with Crippen LogP contribution in [0.4, 0.5) is 22.9 Å². The number of nitrogens with zero attached hydrogens (tertiary/aromatic N) is 2. The molecule has 3 aromatic rings. The van der Waals surface area contributed by atoms with Crippen molar-refractivity contribution in [2.75, 3.05) is 16.0 Å². The lowest BCUT2D eigenvalue weighted by molar-refractivity contribution is -0.117. The number of nitrogens with one attached hydrogen (secondary N) is 3. The molecule has 0 aliphatic heterocycles. The van der Waals surface area contributed by atoms with Crippen LogP contribution in [0.2, 0.25) is 0 Å². The lowest BCUT2D eigenvalue weighted by Crippen LogP contribution is -2.14. The maximum atomic E-state index is 12.5. The summed E-state index contributed by atoms with van der Waals surface area (Å²) in [4.78, 5) is 28.6.